The lowest BCUT2D eigenvalue weighted by Crippen LogP contribution is -2.07. The van der Waals surface area contributed by atoms with Crippen molar-refractivity contribution in [2.75, 3.05) is 0 Å². The van der Waals surface area contributed by atoms with Crippen LogP contribution < -0.4 is 4.87 Å². The van der Waals surface area contributed by atoms with Crippen LogP contribution in [0.4, 0.5) is 0 Å². The van der Waals surface area contributed by atoms with E-state index in [2.05, 4.69) is 16.0 Å². The Morgan fingerprint density at radius 1 is 1.57 bits per heavy atom. The summed E-state index contributed by atoms with van der Waals surface area (Å²) in [5, 5.41) is 10.7. The van der Waals surface area contributed by atoms with Crippen LogP contribution >= 0.6 is 22.9 Å². The molecule has 2 aromatic heterocycles. The Labute approximate surface area is 129 Å². The molecule has 106 valence electrons. The molecule has 0 aliphatic heterocycles. The van der Waals surface area contributed by atoms with Crippen molar-refractivity contribution in [3.8, 4) is 6.07 Å². The van der Waals surface area contributed by atoms with Gasteiger partial charge in [0, 0.05) is 11.1 Å². The molecule has 0 saturated carbocycles. The number of hydrogen-bond acceptors (Lipinski definition) is 4. The summed E-state index contributed by atoms with van der Waals surface area (Å²) in [6, 6.07) is 7.59. The molecular formula is C14H11ClN4OS. The molecule has 0 aliphatic rings. The number of alkyl halides is 1. The van der Waals surface area contributed by atoms with E-state index in [1.54, 1.807) is 11.4 Å². The monoisotopic (exact) mass is 318 g/mol. The standard InChI is InChI=1S/C14H11ClN4OS/c1-8(15)13-18-12-9(5-16)3-2-4-11(12)19(13)6-10-7-21-14(20)17-10/h2-4,7-8H,6H2,1H3,(H,17,20). The summed E-state index contributed by atoms with van der Waals surface area (Å²) in [6.07, 6.45) is 0. The van der Waals surface area contributed by atoms with Gasteiger partial charge in [-0.15, -0.1) is 11.6 Å². The molecule has 21 heavy (non-hydrogen) atoms. The molecule has 0 aliphatic carbocycles. The summed E-state index contributed by atoms with van der Waals surface area (Å²) >= 11 is 7.33. The molecule has 0 bridgehead atoms. The van der Waals surface area contributed by atoms with E-state index in [1.807, 2.05) is 23.6 Å². The lowest BCUT2D eigenvalue weighted by molar-refractivity contribution is 0.729. The highest BCUT2D eigenvalue weighted by atomic mass is 35.5. The van der Waals surface area contributed by atoms with Gasteiger partial charge in [0.1, 0.15) is 17.4 Å². The Bertz CT molecular complexity index is 900. The van der Waals surface area contributed by atoms with Crippen molar-refractivity contribution < 1.29 is 0 Å². The topological polar surface area (TPSA) is 74.5 Å². The smallest absolute Gasteiger partial charge is 0.304 e. The van der Waals surface area contributed by atoms with E-state index in [0.717, 1.165) is 22.5 Å². The van der Waals surface area contributed by atoms with Crippen molar-refractivity contribution >= 4 is 34.0 Å². The first kappa shape index (κ1) is 13.9. The molecule has 0 amide bonds. The third kappa shape index (κ3) is 2.46. The predicted octanol–water partition coefficient (Wildman–Crippen LogP) is 3.01. The maximum absolute atomic E-state index is 11.3. The van der Waals surface area contributed by atoms with Crippen LogP contribution in [0, 0.1) is 11.3 Å². The fraction of sp³-hybridized carbons (Fsp3) is 0.214. The van der Waals surface area contributed by atoms with E-state index in [4.69, 9.17) is 11.6 Å². The van der Waals surface area contributed by atoms with E-state index in [9.17, 15) is 10.1 Å². The molecule has 5 nitrogen and oxygen atoms in total. The minimum atomic E-state index is -0.297. The maximum atomic E-state index is 11.3. The Morgan fingerprint density at radius 2 is 2.38 bits per heavy atom. The first-order chi connectivity index (χ1) is 10.1. The molecular weight excluding hydrogens is 308 g/mol. The van der Waals surface area contributed by atoms with Crippen LogP contribution in [-0.4, -0.2) is 14.5 Å². The molecule has 0 radical (unpaired) electrons. The summed E-state index contributed by atoms with van der Waals surface area (Å²) in [5.41, 5.74) is 2.79. The van der Waals surface area contributed by atoms with Gasteiger partial charge in [0.15, 0.2) is 0 Å². The highest BCUT2D eigenvalue weighted by Gasteiger charge is 2.17. The van der Waals surface area contributed by atoms with Gasteiger partial charge in [0.2, 0.25) is 0 Å². The molecule has 3 rings (SSSR count). The molecule has 1 atom stereocenters. The highest BCUT2D eigenvalue weighted by Crippen LogP contribution is 2.27. The molecule has 0 saturated heterocycles. The van der Waals surface area contributed by atoms with Crippen molar-refractivity contribution in [2.45, 2.75) is 18.8 Å². The summed E-state index contributed by atoms with van der Waals surface area (Å²) in [6.45, 7) is 2.30. The molecule has 0 fully saturated rings. The van der Waals surface area contributed by atoms with Gasteiger partial charge in [0.25, 0.3) is 0 Å². The van der Waals surface area contributed by atoms with Crippen LogP contribution in [0.25, 0.3) is 11.0 Å². The largest absolute Gasteiger partial charge is 0.321 e. The average Bonchev–Trinajstić information content (AvgIpc) is 3.03. The zero-order valence-corrected chi connectivity index (χ0v) is 12.7. The number of rotatable bonds is 3. The van der Waals surface area contributed by atoms with E-state index >= 15 is 0 Å². The number of hydrogen-bond donors (Lipinski definition) is 1. The van der Waals surface area contributed by atoms with Gasteiger partial charge in [-0.25, -0.2) is 4.98 Å². The van der Waals surface area contributed by atoms with E-state index in [1.165, 1.54) is 0 Å². The second-order valence-corrected chi connectivity index (χ2v) is 6.13. The lowest BCUT2D eigenvalue weighted by atomic mass is 10.2. The number of nitrogens with zero attached hydrogens (tertiary/aromatic N) is 3. The third-order valence-corrected chi connectivity index (χ3v) is 4.10. The normalized spacial score (nSPS) is 12.4. The van der Waals surface area contributed by atoms with Gasteiger partial charge < -0.3 is 9.55 Å². The SMILES string of the molecule is CC(Cl)c1nc2c(C#N)cccc2n1Cc1csc(=O)[nH]1. The zero-order chi connectivity index (χ0) is 15.0. The molecule has 2 heterocycles. The number of fused-ring (bicyclic) bond motifs is 1. The van der Waals surface area contributed by atoms with E-state index < -0.39 is 0 Å². The fourth-order valence-electron chi connectivity index (χ4n) is 2.29. The highest BCUT2D eigenvalue weighted by molar-refractivity contribution is 7.07. The van der Waals surface area contributed by atoms with Gasteiger partial charge >= 0.3 is 4.87 Å². The average molecular weight is 319 g/mol. The summed E-state index contributed by atoms with van der Waals surface area (Å²) < 4.78 is 1.94. The number of imidazole rings is 1. The van der Waals surface area contributed by atoms with Crippen molar-refractivity contribution in [1.29, 1.82) is 5.26 Å². The maximum Gasteiger partial charge on any atom is 0.304 e. The van der Waals surface area contributed by atoms with Crippen molar-refractivity contribution in [1.82, 2.24) is 14.5 Å². The molecule has 1 unspecified atom stereocenters. The third-order valence-electron chi connectivity index (χ3n) is 3.18. The molecule has 1 N–H and O–H groups in total. The lowest BCUT2D eigenvalue weighted by Gasteiger charge is -2.09. The Kier molecular flexibility index (Phi) is 3.53. The Hall–Kier alpha value is -2.10. The van der Waals surface area contributed by atoms with Crippen LogP contribution in [0.1, 0.15) is 29.4 Å². The number of aromatic nitrogens is 3. The van der Waals surface area contributed by atoms with Gasteiger partial charge in [-0.05, 0) is 19.1 Å². The van der Waals surface area contributed by atoms with Gasteiger partial charge in [0.05, 0.1) is 23.0 Å². The first-order valence-corrected chi connectivity index (χ1v) is 7.61. The van der Waals surface area contributed by atoms with Gasteiger partial charge in [-0.1, -0.05) is 17.4 Å². The van der Waals surface area contributed by atoms with Crippen LogP contribution in [-0.2, 0) is 6.54 Å². The molecule has 1 aromatic carbocycles. The van der Waals surface area contributed by atoms with E-state index in [-0.39, 0.29) is 10.3 Å². The van der Waals surface area contributed by atoms with Crippen LogP contribution in [0.2, 0.25) is 0 Å². The molecule has 3 aromatic rings. The van der Waals surface area contributed by atoms with Crippen molar-refractivity contribution in [3.05, 3.63) is 50.3 Å². The number of aromatic amines is 1. The molecule has 0 spiro atoms. The number of nitrogens with one attached hydrogen (secondary N) is 1. The summed E-state index contributed by atoms with van der Waals surface area (Å²) in [5.74, 6) is 0.682. The van der Waals surface area contributed by atoms with Gasteiger partial charge in [-0.3, -0.25) is 4.79 Å². The molecule has 7 heteroatoms. The number of nitriles is 1. The Balaban J connectivity index is 2.21. The van der Waals surface area contributed by atoms with Gasteiger partial charge in [-0.2, -0.15) is 5.26 Å². The number of para-hydroxylation sites is 1. The van der Waals surface area contributed by atoms with Crippen LogP contribution in [0.15, 0.2) is 28.4 Å². The zero-order valence-electron chi connectivity index (χ0n) is 11.1. The minimum Gasteiger partial charge on any atom is -0.321 e. The number of thiazole rings is 1. The fourth-order valence-corrected chi connectivity index (χ4v) is 3.03. The second kappa shape index (κ2) is 5.35. The quantitative estimate of drug-likeness (QED) is 0.754. The number of benzene rings is 1. The predicted molar refractivity (Wildman–Crippen MR) is 82.8 cm³/mol. The summed E-state index contributed by atoms with van der Waals surface area (Å²) in [4.78, 5) is 18.5. The van der Waals surface area contributed by atoms with Crippen molar-refractivity contribution in [3.63, 3.8) is 0 Å². The van der Waals surface area contributed by atoms with Crippen LogP contribution in [0.3, 0.4) is 0 Å². The first-order valence-electron chi connectivity index (χ1n) is 6.30. The summed E-state index contributed by atoms with van der Waals surface area (Å²) in [7, 11) is 0. The number of H-pyrrole nitrogens is 1. The number of halogens is 1. The Morgan fingerprint density at radius 3 is 3.00 bits per heavy atom. The van der Waals surface area contributed by atoms with Crippen LogP contribution in [0.5, 0.6) is 0 Å². The second-order valence-electron chi connectivity index (χ2n) is 4.63. The van der Waals surface area contributed by atoms with E-state index in [0.29, 0.717) is 23.4 Å². The van der Waals surface area contributed by atoms with Crippen molar-refractivity contribution in [2.24, 2.45) is 0 Å². The minimum absolute atomic E-state index is 0.0902.